The van der Waals surface area contributed by atoms with E-state index < -0.39 is 24.3 Å². The summed E-state index contributed by atoms with van der Waals surface area (Å²) in [6, 6.07) is 0. The van der Waals surface area contributed by atoms with Gasteiger partial charge in [0.15, 0.2) is 0 Å². The molecule has 0 amide bonds. The molecule has 0 aromatic rings. The van der Waals surface area contributed by atoms with Crippen LogP contribution < -0.4 is 0 Å². The average Bonchev–Trinajstić information content (AvgIpc) is 3.15. The number of alkyl halides is 6. The summed E-state index contributed by atoms with van der Waals surface area (Å²) in [5.41, 5.74) is 7.14. The first-order valence-electron chi connectivity index (χ1n) is 20.9. The van der Waals surface area contributed by atoms with Crippen LogP contribution in [0.2, 0.25) is 0 Å². The number of aliphatic carboxylic acids is 2. The van der Waals surface area contributed by atoms with Crippen LogP contribution in [0.5, 0.6) is 0 Å². The summed E-state index contributed by atoms with van der Waals surface area (Å²) in [4.78, 5) is 17.8. The van der Waals surface area contributed by atoms with Crippen LogP contribution in [-0.2, 0) is 9.59 Å². The molecule has 6 aliphatic carbocycles. The molecule has 6 aliphatic rings. The van der Waals surface area contributed by atoms with Crippen LogP contribution in [0.1, 0.15) is 193 Å². The molecular formula is C40H68F6O4P2. The Kier molecular flexibility index (Phi) is 21.2. The summed E-state index contributed by atoms with van der Waals surface area (Å²) in [5.74, 6) is -5.51. The number of carbonyl (C=O) groups is 2. The molecule has 0 radical (unpaired) electrons. The molecule has 0 bridgehead atoms. The Labute approximate surface area is 312 Å². The second kappa shape index (κ2) is 24.1. The van der Waals surface area contributed by atoms with Crippen LogP contribution in [0.4, 0.5) is 26.3 Å². The van der Waals surface area contributed by atoms with Crippen LogP contribution >= 0.6 is 15.8 Å². The Bertz CT molecular complexity index is 812. The van der Waals surface area contributed by atoms with Gasteiger partial charge in [0.05, 0.1) is 0 Å². The fraction of sp³-hybridized carbons (Fsp3) is 0.950. The smallest absolute Gasteiger partial charge is 0.475 e. The molecule has 304 valence electrons. The minimum atomic E-state index is -5.08. The van der Waals surface area contributed by atoms with Crippen molar-refractivity contribution in [3.05, 3.63) is 0 Å². The van der Waals surface area contributed by atoms with E-state index in [0.29, 0.717) is 15.8 Å². The van der Waals surface area contributed by atoms with E-state index in [1.807, 2.05) is 0 Å². The lowest BCUT2D eigenvalue weighted by atomic mass is 9.99. The summed E-state index contributed by atoms with van der Waals surface area (Å²) < 4.78 is 63.5. The van der Waals surface area contributed by atoms with Crippen LogP contribution in [0.15, 0.2) is 0 Å². The van der Waals surface area contributed by atoms with E-state index in [1.54, 1.807) is 154 Å². The highest BCUT2D eigenvalue weighted by Gasteiger charge is 2.40. The van der Waals surface area contributed by atoms with E-state index >= 15 is 0 Å². The topological polar surface area (TPSA) is 74.6 Å². The summed E-state index contributed by atoms with van der Waals surface area (Å²) in [7, 11) is 0.770. The number of carboxylic acid groups (broad SMARTS) is 2. The highest BCUT2D eigenvalue weighted by Crippen LogP contribution is 2.63. The Hall–Kier alpha value is -0.620. The molecule has 0 aromatic carbocycles. The molecule has 2 N–H and O–H groups in total. The Morgan fingerprint density at radius 3 is 0.538 bits per heavy atom. The van der Waals surface area contributed by atoms with Crippen molar-refractivity contribution in [2.24, 2.45) is 0 Å². The van der Waals surface area contributed by atoms with E-state index in [-0.39, 0.29) is 0 Å². The molecule has 6 fully saturated rings. The average molecular weight is 789 g/mol. The normalized spacial score (nSPS) is 24.2. The lowest BCUT2D eigenvalue weighted by Crippen LogP contribution is -2.28. The van der Waals surface area contributed by atoms with Gasteiger partial charge in [-0.15, -0.1) is 0 Å². The van der Waals surface area contributed by atoms with E-state index in [4.69, 9.17) is 19.8 Å². The first-order chi connectivity index (χ1) is 24.8. The van der Waals surface area contributed by atoms with E-state index in [1.165, 1.54) is 72.5 Å². The van der Waals surface area contributed by atoms with Gasteiger partial charge >= 0.3 is 24.3 Å². The zero-order valence-electron chi connectivity index (χ0n) is 31.6. The van der Waals surface area contributed by atoms with Gasteiger partial charge in [-0.25, -0.2) is 9.59 Å². The third-order valence-electron chi connectivity index (χ3n) is 12.5. The predicted molar refractivity (Wildman–Crippen MR) is 202 cm³/mol. The molecule has 0 aliphatic heterocycles. The molecule has 0 spiro atoms. The van der Waals surface area contributed by atoms with Crippen molar-refractivity contribution in [3.8, 4) is 0 Å². The van der Waals surface area contributed by atoms with Gasteiger partial charge in [-0.1, -0.05) is 131 Å². The second-order valence-electron chi connectivity index (χ2n) is 16.3. The molecule has 4 nitrogen and oxygen atoms in total. The molecule has 52 heavy (non-hydrogen) atoms. The van der Waals surface area contributed by atoms with Crippen LogP contribution in [0, 0.1) is 0 Å². The molecule has 0 aromatic heterocycles. The second-order valence-corrected chi connectivity index (χ2v) is 22.4. The maximum atomic E-state index is 10.6. The Balaban J connectivity index is 0.000000208. The van der Waals surface area contributed by atoms with Crippen molar-refractivity contribution >= 4 is 27.8 Å². The van der Waals surface area contributed by atoms with Crippen LogP contribution in [0.3, 0.4) is 0 Å². The fourth-order valence-corrected chi connectivity index (χ4v) is 19.4. The molecule has 0 unspecified atom stereocenters. The zero-order chi connectivity index (χ0) is 38.0. The third kappa shape index (κ3) is 16.6. The first-order valence-corrected chi connectivity index (χ1v) is 24.0. The van der Waals surface area contributed by atoms with Crippen molar-refractivity contribution < 1.29 is 46.1 Å². The molecule has 6 rings (SSSR count). The summed E-state index contributed by atoms with van der Waals surface area (Å²) >= 11 is 0. The largest absolute Gasteiger partial charge is 0.490 e. The fourth-order valence-electron chi connectivity index (χ4n) is 10.1. The summed E-state index contributed by atoms with van der Waals surface area (Å²) in [5, 5.41) is 14.2. The maximum Gasteiger partial charge on any atom is 0.490 e. The number of hydrogen-bond donors (Lipinski definition) is 2. The van der Waals surface area contributed by atoms with E-state index in [2.05, 4.69) is 0 Å². The Morgan fingerprint density at radius 1 is 0.327 bits per heavy atom. The van der Waals surface area contributed by atoms with Crippen LogP contribution in [-0.4, -0.2) is 68.5 Å². The summed E-state index contributed by atoms with van der Waals surface area (Å²) in [6.45, 7) is 0. The molecular weight excluding hydrogens is 720 g/mol. The van der Waals surface area contributed by atoms with Crippen molar-refractivity contribution in [1.82, 2.24) is 0 Å². The van der Waals surface area contributed by atoms with Crippen molar-refractivity contribution in [2.75, 3.05) is 0 Å². The molecule has 6 saturated carbocycles. The highest BCUT2D eigenvalue weighted by molar-refractivity contribution is 7.60. The molecule has 12 heteroatoms. The monoisotopic (exact) mass is 788 g/mol. The third-order valence-corrected chi connectivity index (χ3v) is 20.6. The van der Waals surface area contributed by atoms with Gasteiger partial charge in [-0.3, -0.25) is 0 Å². The number of rotatable bonds is 6. The summed E-state index contributed by atoms with van der Waals surface area (Å²) in [6.07, 6.45) is 37.1. The minimum Gasteiger partial charge on any atom is -0.475 e. The van der Waals surface area contributed by atoms with Gasteiger partial charge in [-0.05, 0) is 111 Å². The minimum absolute atomic E-state index is 0.385. The predicted octanol–water partition coefficient (Wildman–Crippen LogP) is 14.2. The van der Waals surface area contributed by atoms with E-state index in [9.17, 15) is 26.3 Å². The first kappa shape index (κ1) is 45.8. The van der Waals surface area contributed by atoms with Gasteiger partial charge in [0.1, 0.15) is 0 Å². The lowest BCUT2D eigenvalue weighted by Gasteiger charge is -2.44. The van der Waals surface area contributed by atoms with Crippen LogP contribution in [0.25, 0.3) is 0 Å². The van der Waals surface area contributed by atoms with Crippen molar-refractivity contribution in [3.63, 3.8) is 0 Å². The van der Waals surface area contributed by atoms with E-state index in [0.717, 1.165) is 0 Å². The molecule has 0 saturated heterocycles. The SMILES string of the molecule is C1CCC(P(C2CCCCC2)C2CCCCC2)CC1.C1CCC(P(C2CCCCC2)C2CCCCC2)CC1.O=C(O)C(F)(F)F.O=C(O)C(F)(F)F. The zero-order valence-corrected chi connectivity index (χ0v) is 33.3. The van der Waals surface area contributed by atoms with Crippen molar-refractivity contribution in [1.29, 1.82) is 0 Å². The number of carboxylic acids is 2. The highest BCUT2D eigenvalue weighted by atomic mass is 31.1. The lowest BCUT2D eigenvalue weighted by molar-refractivity contribution is -0.193. The van der Waals surface area contributed by atoms with Gasteiger partial charge in [0, 0.05) is 0 Å². The van der Waals surface area contributed by atoms with Gasteiger partial charge < -0.3 is 10.2 Å². The Morgan fingerprint density at radius 2 is 0.442 bits per heavy atom. The number of halogens is 6. The van der Waals surface area contributed by atoms with Gasteiger partial charge in [-0.2, -0.15) is 26.3 Å². The van der Waals surface area contributed by atoms with Gasteiger partial charge in [0.2, 0.25) is 0 Å². The van der Waals surface area contributed by atoms with Crippen molar-refractivity contribution in [2.45, 2.75) is 239 Å². The van der Waals surface area contributed by atoms with Gasteiger partial charge in [0.25, 0.3) is 0 Å². The molecule has 0 heterocycles. The number of hydrogen-bond acceptors (Lipinski definition) is 2. The quantitative estimate of drug-likeness (QED) is 0.208. The standard InChI is InChI=1S/2C18H33P.2C2HF3O2/c2*1-4-10-16(11-5-1)19(17-12-6-2-7-13-17)18-14-8-3-9-15-18;2*3-2(4,5)1(6)7/h2*16-18H,1-15H2;2*(H,6,7). The maximum absolute atomic E-state index is 10.6. The molecule has 0 atom stereocenters.